The summed E-state index contributed by atoms with van der Waals surface area (Å²) in [5.74, 6) is 0.268. The van der Waals surface area contributed by atoms with Gasteiger partial charge in [-0.25, -0.2) is 13.1 Å². The molecule has 0 aliphatic carbocycles. The predicted molar refractivity (Wildman–Crippen MR) is 92.0 cm³/mol. The lowest BCUT2D eigenvalue weighted by Crippen LogP contribution is -2.11. The number of hydrogen-bond donors (Lipinski definition) is 1. The molecule has 9 heteroatoms. The van der Waals surface area contributed by atoms with E-state index in [9.17, 15) is 8.42 Å². The number of nitrogens with zero attached hydrogens (tertiary/aromatic N) is 2. The largest absolute Gasteiger partial charge is 0.403 e. The van der Waals surface area contributed by atoms with Crippen LogP contribution in [0.2, 0.25) is 0 Å². The van der Waals surface area contributed by atoms with Gasteiger partial charge in [-0.05, 0) is 53.0 Å². The molecule has 2 heterocycles. The number of halogens is 1. The molecule has 120 valence electrons. The maximum absolute atomic E-state index is 12.3. The van der Waals surface area contributed by atoms with Crippen LogP contribution >= 0.6 is 27.3 Å². The summed E-state index contributed by atoms with van der Waals surface area (Å²) < 4.78 is 33.3. The van der Waals surface area contributed by atoms with Gasteiger partial charge in [-0.1, -0.05) is 23.3 Å². The number of thiophene rings is 1. The zero-order valence-corrected chi connectivity index (χ0v) is 15.4. The van der Waals surface area contributed by atoms with Gasteiger partial charge in [-0.2, -0.15) is 0 Å². The van der Waals surface area contributed by atoms with Crippen LogP contribution in [0.3, 0.4) is 0 Å². The van der Waals surface area contributed by atoms with Gasteiger partial charge in [0, 0.05) is 5.56 Å². The summed E-state index contributed by atoms with van der Waals surface area (Å²) >= 11 is 4.43. The minimum atomic E-state index is -3.75. The number of nitrogens with one attached hydrogen (secondary N) is 1. The van der Waals surface area contributed by atoms with Crippen molar-refractivity contribution in [3.8, 4) is 11.5 Å². The van der Waals surface area contributed by atoms with Crippen LogP contribution in [0, 0.1) is 13.8 Å². The van der Waals surface area contributed by atoms with Gasteiger partial charge in [0.1, 0.15) is 4.21 Å². The zero-order valence-electron chi connectivity index (χ0n) is 12.2. The second kappa shape index (κ2) is 6.06. The molecule has 3 aromatic rings. The van der Waals surface area contributed by atoms with Crippen molar-refractivity contribution in [2.75, 3.05) is 4.72 Å². The topological polar surface area (TPSA) is 85.1 Å². The first kappa shape index (κ1) is 16.2. The Balaban J connectivity index is 1.88. The fourth-order valence-corrected chi connectivity index (χ4v) is 5.07. The van der Waals surface area contributed by atoms with Crippen molar-refractivity contribution in [1.29, 1.82) is 0 Å². The Labute approximate surface area is 145 Å². The molecule has 0 spiro atoms. The molecule has 3 rings (SSSR count). The Hall–Kier alpha value is -1.71. The smallest absolute Gasteiger partial charge is 0.330 e. The normalized spacial score (nSPS) is 11.6. The Morgan fingerprint density at radius 2 is 1.91 bits per heavy atom. The fraction of sp³-hybridized carbons (Fsp3) is 0.143. The summed E-state index contributed by atoms with van der Waals surface area (Å²) in [5, 5.41) is 7.66. The molecule has 1 N–H and O–H groups in total. The van der Waals surface area contributed by atoms with Crippen LogP contribution in [0.25, 0.3) is 11.5 Å². The lowest BCUT2D eigenvalue weighted by Gasteiger charge is -2.01. The number of hydrogen-bond acceptors (Lipinski definition) is 6. The summed E-state index contributed by atoms with van der Waals surface area (Å²) in [5.41, 5.74) is 2.57. The van der Waals surface area contributed by atoms with E-state index in [0.29, 0.717) is 0 Å². The first-order valence-electron chi connectivity index (χ1n) is 6.55. The van der Waals surface area contributed by atoms with Crippen molar-refractivity contribution < 1.29 is 12.8 Å². The highest BCUT2D eigenvalue weighted by Crippen LogP contribution is 2.32. The molecule has 0 saturated heterocycles. The number of sulfonamides is 1. The molecule has 0 amide bonds. The lowest BCUT2D eigenvalue weighted by atomic mass is 10.1. The van der Waals surface area contributed by atoms with Crippen LogP contribution in [0.15, 0.2) is 42.7 Å². The number of aromatic nitrogens is 2. The summed E-state index contributed by atoms with van der Waals surface area (Å²) in [6.45, 7) is 3.73. The van der Waals surface area contributed by atoms with Gasteiger partial charge >= 0.3 is 6.01 Å². The molecule has 0 unspecified atom stereocenters. The molecule has 2 aromatic heterocycles. The van der Waals surface area contributed by atoms with Crippen LogP contribution in [0.5, 0.6) is 0 Å². The van der Waals surface area contributed by atoms with E-state index < -0.39 is 10.0 Å². The van der Waals surface area contributed by atoms with Gasteiger partial charge in [0.2, 0.25) is 5.89 Å². The van der Waals surface area contributed by atoms with Crippen LogP contribution < -0.4 is 4.72 Å². The van der Waals surface area contributed by atoms with E-state index in [1.165, 1.54) is 0 Å². The van der Waals surface area contributed by atoms with Crippen LogP contribution in [-0.2, 0) is 10.0 Å². The number of rotatable bonds is 4. The quantitative estimate of drug-likeness (QED) is 0.698. The molecular weight excluding hydrogens is 402 g/mol. The maximum Gasteiger partial charge on any atom is 0.330 e. The van der Waals surface area contributed by atoms with E-state index in [1.807, 2.05) is 38.1 Å². The molecule has 0 fully saturated rings. The Bertz CT molecular complexity index is 944. The van der Waals surface area contributed by atoms with Crippen molar-refractivity contribution in [2.24, 2.45) is 0 Å². The molecule has 0 bridgehead atoms. The Kier molecular flexibility index (Phi) is 4.26. The van der Waals surface area contributed by atoms with Crippen molar-refractivity contribution in [3.63, 3.8) is 0 Å². The summed E-state index contributed by atoms with van der Waals surface area (Å²) in [6, 6.07) is 8.91. The van der Waals surface area contributed by atoms with Crippen molar-refractivity contribution in [3.05, 3.63) is 45.2 Å². The highest BCUT2D eigenvalue weighted by atomic mass is 79.9. The number of benzene rings is 1. The number of aryl methyl sites for hydroxylation is 2. The molecule has 0 aliphatic rings. The van der Waals surface area contributed by atoms with Crippen molar-refractivity contribution in [2.45, 2.75) is 18.1 Å². The number of anilines is 1. The monoisotopic (exact) mass is 413 g/mol. The third kappa shape index (κ3) is 3.31. The predicted octanol–water partition coefficient (Wildman–Crippen LogP) is 3.98. The minimum Gasteiger partial charge on any atom is -0.403 e. The van der Waals surface area contributed by atoms with Crippen molar-refractivity contribution in [1.82, 2.24) is 10.2 Å². The Morgan fingerprint density at radius 3 is 2.57 bits per heavy atom. The molecule has 0 saturated carbocycles. The molecular formula is C14H12BrN3O3S2. The average Bonchev–Trinajstić information content (AvgIpc) is 3.07. The first-order chi connectivity index (χ1) is 10.9. The fourth-order valence-electron chi connectivity index (χ4n) is 1.92. The third-order valence-corrected chi connectivity index (χ3v) is 7.05. The average molecular weight is 414 g/mol. The summed E-state index contributed by atoms with van der Waals surface area (Å²) in [7, 11) is -3.75. The second-order valence-corrected chi connectivity index (χ2v) is 9.13. The molecule has 23 heavy (non-hydrogen) atoms. The van der Waals surface area contributed by atoms with Gasteiger partial charge in [0.25, 0.3) is 10.0 Å². The van der Waals surface area contributed by atoms with Gasteiger partial charge in [0.05, 0.1) is 3.79 Å². The summed E-state index contributed by atoms with van der Waals surface area (Å²) in [6.07, 6.45) is 0. The minimum absolute atomic E-state index is 0.162. The van der Waals surface area contributed by atoms with Gasteiger partial charge in [0.15, 0.2) is 0 Å². The van der Waals surface area contributed by atoms with Crippen molar-refractivity contribution >= 4 is 43.3 Å². The lowest BCUT2D eigenvalue weighted by molar-refractivity contribution is 0.578. The van der Waals surface area contributed by atoms with E-state index in [-0.39, 0.29) is 16.1 Å². The molecule has 6 nitrogen and oxygen atoms in total. The zero-order chi connectivity index (χ0) is 16.6. The molecule has 0 atom stereocenters. The second-order valence-electron chi connectivity index (χ2n) is 4.85. The van der Waals surface area contributed by atoms with E-state index in [0.717, 1.165) is 31.8 Å². The van der Waals surface area contributed by atoms with Crippen LogP contribution in [0.1, 0.15) is 11.1 Å². The highest BCUT2D eigenvalue weighted by molar-refractivity contribution is 9.11. The maximum atomic E-state index is 12.3. The van der Waals surface area contributed by atoms with Crippen LogP contribution in [-0.4, -0.2) is 18.6 Å². The highest BCUT2D eigenvalue weighted by Gasteiger charge is 2.21. The SMILES string of the molecule is Cc1ccccc1-c1nnc(NS(=O)(=O)c2cc(C)c(Br)s2)o1. The van der Waals surface area contributed by atoms with Gasteiger partial charge in [-0.3, -0.25) is 0 Å². The first-order valence-corrected chi connectivity index (χ1v) is 9.64. The van der Waals surface area contributed by atoms with E-state index in [1.54, 1.807) is 6.07 Å². The van der Waals surface area contributed by atoms with E-state index in [2.05, 4.69) is 30.8 Å². The molecule has 1 aromatic carbocycles. The molecule has 0 radical (unpaired) electrons. The van der Waals surface area contributed by atoms with E-state index in [4.69, 9.17) is 4.42 Å². The van der Waals surface area contributed by atoms with E-state index >= 15 is 0 Å². The molecule has 0 aliphatic heterocycles. The Morgan fingerprint density at radius 1 is 1.17 bits per heavy atom. The standard InChI is InChI=1S/C14H12BrN3O3S2/c1-8-5-3-4-6-10(8)13-16-17-14(21-13)18-23(19,20)11-7-9(2)12(15)22-11/h3-7H,1-2H3,(H,17,18). The van der Waals surface area contributed by atoms with Crippen LogP contribution in [0.4, 0.5) is 6.01 Å². The third-order valence-electron chi connectivity index (χ3n) is 3.12. The van der Waals surface area contributed by atoms with Gasteiger partial charge < -0.3 is 4.42 Å². The summed E-state index contributed by atoms with van der Waals surface area (Å²) in [4.78, 5) is 0. The van der Waals surface area contributed by atoms with Gasteiger partial charge in [-0.15, -0.1) is 16.4 Å².